The van der Waals surface area contributed by atoms with Crippen molar-refractivity contribution in [1.82, 2.24) is 20.0 Å². The number of amides is 2. The number of para-hydroxylation sites is 2. The van der Waals surface area contributed by atoms with Crippen LogP contribution in [0.25, 0.3) is 11.3 Å². The lowest BCUT2D eigenvalue weighted by Gasteiger charge is -2.42. The van der Waals surface area contributed by atoms with E-state index in [0.29, 0.717) is 54.7 Å². The molecule has 1 aromatic heterocycles. The number of aromatic nitrogens is 2. The summed E-state index contributed by atoms with van der Waals surface area (Å²) >= 11 is 0. The van der Waals surface area contributed by atoms with Gasteiger partial charge in [-0.15, -0.1) is 0 Å². The predicted octanol–water partition coefficient (Wildman–Crippen LogP) is 4.18. The Labute approximate surface area is 293 Å². The largest absolute Gasteiger partial charge is 0.507 e. The third-order valence-electron chi connectivity index (χ3n) is 10.7. The number of phenolic OH excluding ortho intramolecular Hbond substituents is 1. The monoisotopic (exact) mass is 682 g/mol. The second-order valence-corrected chi connectivity index (χ2v) is 13.8. The van der Waals surface area contributed by atoms with Gasteiger partial charge in [0.1, 0.15) is 23.9 Å². The average molecular weight is 683 g/mol. The number of nitrogens with one attached hydrogen (secondary N) is 1. The lowest BCUT2D eigenvalue weighted by Crippen LogP contribution is -2.43. The van der Waals surface area contributed by atoms with Crippen LogP contribution < -0.4 is 32.2 Å². The SMILES string of the molecule is CC(CCC(=O)NC=O)N1CCOc2c1cccc2[C@H]1CC[C@@H](N2CCC(n3cc(C(/C=C(\N)c4ccccc4O)=C(N)N)cn3)CC2)CC1. The quantitative estimate of drug-likeness (QED) is 0.146. The second-order valence-electron chi connectivity index (χ2n) is 13.8. The number of carbonyl (C=O) groups is 2. The third-order valence-corrected chi connectivity index (χ3v) is 10.7. The van der Waals surface area contributed by atoms with Crippen LogP contribution in [0.3, 0.4) is 0 Å². The first kappa shape index (κ1) is 34.9. The van der Waals surface area contributed by atoms with Crippen LogP contribution in [0.1, 0.15) is 86.9 Å². The van der Waals surface area contributed by atoms with Gasteiger partial charge in [-0.1, -0.05) is 24.3 Å². The average Bonchev–Trinajstić information content (AvgIpc) is 3.62. The van der Waals surface area contributed by atoms with E-state index in [1.807, 2.05) is 16.9 Å². The molecular weight excluding hydrogens is 632 g/mol. The Kier molecular flexibility index (Phi) is 11.0. The molecule has 2 aromatic carbocycles. The fraction of sp³-hybridized carbons (Fsp3) is 0.447. The van der Waals surface area contributed by atoms with Gasteiger partial charge in [-0.3, -0.25) is 19.6 Å². The fourth-order valence-electron chi connectivity index (χ4n) is 7.93. The number of phenols is 1. The zero-order valence-electron chi connectivity index (χ0n) is 28.8. The molecule has 0 radical (unpaired) electrons. The van der Waals surface area contributed by atoms with Gasteiger partial charge in [0.25, 0.3) is 0 Å². The van der Waals surface area contributed by atoms with Crippen LogP contribution in [0, 0.1) is 0 Å². The molecule has 266 valence electrons. The second kappa shape index (κ2) is 15.7. The van der Waals surface area contributed by atoms with Gasteiger partial charge in [0, 0.05) is 60.2 Å². The number of hydrogen-bond acceptors (Lipinski definition) is 10. The Morgan fingerprint density at radius 3 is 2.50 bits per heavy atom. The molecule has 1 aliphatic carbocycles. The van der Waals surface area contributed by atoms with E-state index in [2.05, 4.69) is 45.3 Å². The van der Waals surface area contributed by atoms with E-state index in [1.54, 1.807) is 30.5 Å². The Balaban J connectivity index is 1.03. The summed E-state index contributed by atoms with van der Waals surface area (Å²) in [5, 5.41) is 17.1. The van der Waals surface area contributed by atoms with Crippen molar-refractivity contribution in [2.75, 3.05) is 31.1 Å². The van der Waals surface area contributed by atoms with Gasteiger partial charge in [-0.05, 0) is 87.6 Å². The number of benzene rings is 2. The Bertz CT molecular complexity index is 1710. The minimum Gasteiger partial charge on any atom is -0.507 e. The molecule has 3 aromatic rings. The van der Waals surface area contributed by atoms with E-state index in [-0.39, 0.29) is 29.6 Å². The van der Waals surface area contributed by atoms with Crippen molar-refractivity contribution >= 4 is 29.3 Å². The highest BCUT2D eigenvalue weighted by atomic mass is 16.5. The van der Waals surface area contributed by atoms with Gasteiger partial charge < -0.3 is 36.8 Å². The summed E-state index contributed by atoms with van der Waals surface area (Å²) in [5.74, 6) is 1.44. The van der Waals surface area contributed by atoms with Crippen molar-refractivity contribution in [3.63, 3.8) is 0 Å². The minimum absolute atomic E-state index is 0.0930. The lowest BCUT2D eigenvalue weighted by molar-refractivity contribution is -0.125. The summed E-state index contributed by atoms with van der Waals surface area (Å²) in [4.78, 5) is 27.5. The number of imide groups is 1. The molecule has 50 heavy (non-hydrogen) atoms. The van der Waals surface area contributed by atoms with Crippen molar-refractivity contribution in [1.29, 1.82) is 0 Å². The van der Waals surface area contributed by atoms with Gasteiger partial charge in [0.15, 0.2) is 0 Å². The van der Waals surface area contributed by atoms with E-state index in [1.165, 1.54) is 5.56 Å². The number of aromatic hydroxyl groups is 1. The van der Waals surface area contributed by atoms with E-state index in [4.69, 9.17) is 21.9 Å². The van der Waals surface area contributed by atoms with E-state index in [0.717, 1.165) is 75.2 Å². The molecule has 1 saturated heterocycles. The number of fused-ring (bicyclic) bond motifs is 1. The van der Waals surface area contributed by atoms with Crippen molar-refractivity contribution < 1.29 is 19.4 Å². The van der Waals surface area contributed by atoms with Crippen LogP contribution in [0.5, 0.6) is 11.5 Å². The first-order valence-electron chi connectivity index (χ1n) is 17.8. The summed E-state index contributed by atoms with van der Waals surface area (Å²) in [6.45, 7) is 5.59. The number of carbonyl (C=O) groups excluding carboxylic acids is 2. The molecule has 12 nitrogen and oxygen atoms in total. The minimum atomic E-state index is -0.244. The van der Waals surface area contributed by atoms with Gasteiger partial charge in [-0.2, -0.15) is 5.10 Å². The van der Waals surface area contributed by atoms with Gasteiger partial charge in [0.05, 0.1) is 24.5 Å². The molecule has 8 N–H and O–H groups in total. The van der Waals surface area contributed by atoms with E-state index in [9.17, 15) is 14.7 Å². The summed E-state index contributed by atoms with van der Waals surface area (Å²) in [5.41, 5.74) is 23.1. The standard InChI is InChI=1S/C38H50N8O4/c1-25(9-14-36(49)42-24-47)45-19-20-50-37-30(6-4-7-34(37)45)26-10-12-28(13-11-26)44-17-15-29(16-18-44)46-23-27(22-43-46)32(38(40)41)21-33(39)31-5-2-3-8-35(31)48/h2-8,21-26,28-29,48H,9-20,39-41H2,1H3,(H,42,47,49)/b33-21-/t25?,26-,28+. The number of nitrogens with two attached hydrogens (primary N) is 3. The first-order chi connectivity index (χ1) is 24.2. The number of anilines is 1. The number of allylic oxidation sites excluding steroid dienone is 2. The van der Waals surface area contributed by atoms with E-state index >= 15 is 0 Å². The number of likely N-dealkylation sites (tertiary alicyclic amines) is 1. The van der Waals surface area contributed by atoms with Crippen LogP contribution in [0.4, 0.5) is 5.69 Å². The number of rotatable bonds is 11. The van der Waals surface area contributed by atoms with Crippen LogP contribution >= 0.6 is 0 Å². The third kappa shape index (κ3) is 7.75. The van der Waals surface area contributed by atoms with Gasteiger partial charge in [0.2, 0.25) is 12.3 Å². The predicted molar refractivity (Wildman–Crippen MR) is 195 cm³/mol. The maximum absolute atomic E-state index is 11.9. The molecule has 1 atom stereocenters. The van der Waals surface area contributed by atoms with Crippen LogP contribution in [-0.2, 0) is 9.59 Å². The number of ether oxygens (including phenoxy) is 1. The highest BCUT2D eigenvalue weighted by molar-refractivity contribution is 5.86. The van der Waals surface area contributed by atoms with Crippen molar-refractivity contribution in [3.05, 3.63) is 83.4 Å². The molecule has 6 rings (SSSR count). The molecule has 2 aliphatic heterocycles. The van der Waals surface area contributed by atoms with E-state index < -0.39 is 0 Å². The molecule has 0 bridgehead atoms. The van der Waals surface area contributed by atoms with Crippen LogP contribution in [0.2, 0.25) is 0 Å². The maximum Gasteiger partial charge on any atom is 0.226 e. The maximum atomic E-state index is 11.9. The molecule has 1 saturated carbocycles. The molecule has 2 fully saturated rings. The summed E-state index contributed by atoms with van der Waals surface area (Å²) in [6.07, 6.45) is 13.5. The summed E-state index contributed by atoms with van der Waals surface area (Å²) < 4.78 is 8.33. The Hall–Kier alpha value is -4.97. The Morgan fingerprint density at radius 2 is 1.78 bits per heavy atom. The topological polar surface area (TPSA) is 178 Å². The highest BCUT2D eigenvalue weighted by Gasteiger charge is 2.33. The normalized spacial score (nSPS) is 20.7. The summed E-state index contributed by atoms with van der Waals surface area (Å²) in [7, 11) is 0. The van der Waals surface area contributed by atoms with Gasteiger partial charge in [-0.25, -0.2) is 0 Å². The molecule has 3 heterocycles. The van der Waals surface area contributed by atoms with Gasteiger partial charge >= 0.3 is 0 Å². The van der Waals surface area contributed by atoms with Crippen molar-refractivity contribution in [2.24, 2.45) is 17.2 Å². The number of hydrogen-bond donors (Lipinski definition) is 5. The summed E-state index contributed by atoms with van der Waals surface area (Å²) in [6, 6.07) is 14.4. The Morgan fingerprint density at radius 1 is 1.02 bits per heavy atom. The molecule has 12 heteroatoms. The van der Waals surface area contributed by atoms with Crippen LogP contribution in [-0.4, -0.2) is 70.4 Å². The molecule has 1 unspecified atom stereocenters. The fourth-order valence-corrected chi connectivity index (χ4v) is 7.93. The molecular formula is C38H50N8O4. The zero-order chi connectivity index (χ0) is 35.2. The van der Waals surface area contributed by atoms with Crippen molar-refractivity contribution in [2.45, 2.75) is 82.3 Å². The number of nitrogens with zero attached hydrogens (tertiary/aromatic N) is 4. The molecule has 2 amide bonds. The lowest BCUT2D eigenvalue weighted by atomic mass is 9.80. The first-order valence-corrected chi connectivity index (χ1v) is 17.8. The highest BCUT2D eigenvalue weighted by Crippen LogP contribution is 2.45. The van der Waals surface area contributed by atoms with Crippen molar-refractivity contribution in [3.8, 4) is 11.5 Å². The molecule has 3 aliphatic rings. The number of piperidine rings is 1. The van der Waals surface area contributed by atoms with Crippen LogP contribution in [0.15, 0.2) is 66.8 Å². The zero-order valence-corrected chi connectivity index (χ0v) is 28.8. The smallest absolute Gasteiger partial charge is 0.226 e. The molecule has 0 spiro atoms.